The van der Waals surface area contributed by atoms with E-state index in [1.807, 2.05) is 37.8 Å². The van der Waals surface area contributed by atoms with Crippen molar-refractivity contribution in [2.24, 2.45) is 7.05 Å². The van der Waals surface area contributed by atoms with Crippen molar-refractivity contribution >= 4 is 33.2 Å². The van der Waals surface area contributed by atoms with Crippen LogP contribution in [0.4, 0.5) is 5.69 Å². The van der Waals surface area contributed by atoms with Crippen molar-refractivity contribution in [2.75, 3.05) is 5.32 Å². The van der Waals surface area contributed by atoms with Gasteiger partial charge in [-0.25, -0.2) is 9.50 Å². The highest BCUT2D eigenvalue weighted by atomic mass is 79.9. The van der Waals surface area contributed by atoms with Crippen molar-refractivity contribution in [1.82, 2.24) is 34.2 Å². The molecule has 0 bridgehead atoms. The third kappa shape index (κ3) is 3.01. The highest BCUT2D eigenvalue weighted by Gasteiger charge is 2.18. The van der Waals surface area contributed by atoms with Crippen LogP contribution in [0.2, 0.25) is 0 Å². The number of anilines is 1. The van der Waals surface area contributed by atoms with Gasteiger partial charge in [0, 0.05) is 32.1 Å². The predicted molar refractivity (Wildman–Crippen MR) is 103 cm³/mol. The molecule has 0 radical (unpaired) electrons. The fraction of sp³-hybridized carbons (Fsp3) is 0.235. The van der Waals surface area contributed by atoms with Crippen molar-refractivity contribution in [3.63, 3.8) is 0 Å². The summed E-state index contributed by atoms with van der Waals surface area (Å²) < 4.78 is 6.00. The van der Waals surface area contributed by atoms with Crippen molar-refractivity contribution in [2.45, 2.75) is 20.4 Å². The second kappa shape index (κ2) is 6.62. The van der Waals surface area contributed by atoms with Gasteiger partial charge in [0.15, 0.2) is 11.3 Å². The predicted octanol–water partition coefficient (Wildman–Crippen LogP) is 2.67. The number of aryl methyl sites for hydroxylation is 2. The highest BCUT2D eigenvalue weighted by molar-refractivity contribution is 9.10. The SMILES string of the molecule is CCn1cc(Br)c(-c2ccnc3cc(C(=O)Nc4cnn(C)c4C)nn23)n1. The molecule has 4 heterocycles. The van der Waals surface area contributed by atoms with Crippen LogP contribution in [0.25, 0.3) is 17.0 Å². The first-order chi connectivity index (χ1) is 13.0. The molecule has 138 valence electrons. The molecule has 4 rings (SSSR count). The Bertz CT molecular complexity index is 1160. The van der Waals surface area contributed by atoms with Gasteiger partial charge in [-0.15, -0.1) is 0 Å². The van der Waals surface area contributed by atoms with Crippen LogP contribution in [0.5, 0.6) is 0 Å². The number of hydrogen-bond acceptors (Lipinski definition) is 5. The maximum atomic E-state index is 12.6. The number of nitrogens with zero attached hydrogens (tertiary/aromatic N) is 7. The molecule has 0 aliphatic carbocycles. The van der Waals surface area contributed by atoms with Crippen LogP contribution < -0.4 is 5.32 Å². The number of fused-ring (bicyclic) bond motifs is 1. The van der Waals surface area contributed by atoms with E-state index in [0.29, 0.717) is 11.3 Å². The van der Waals surface area contributed by atoms with E-state index in [2.05, 4.69) is 41.5 Å². The van der Waals surface area contributed by atoms with Gasteiger partial charge in [0.05, 0.1) is 27.7 Å². The third-order valence-electron chi connectivity index (χ3n) is 4.36. The van der Waals surface area contributed by atoms with Gasteiger partial charge in [0.1, 0.15) is 5.69 Å². The van der Waals surface area contributed by atoms with Crippen LogP contribution in [-0.4, -0.2) is 40.1 Å². The lowest BCUT2D eigenvalue weighted by molar-refractivity contribution is 0.102. The number of hydrogen-bond donors (Lipinski definition) is 1. The first-order valence-corrected chi connectivity index (χ1v) is 9.15. The molecule has 0 spiro atoms. The molecule has 0 aliphatic rings. The molecule has 0 aromatic carbocycles. The van der Waals surface area contributed by atoms with E-state index in [4.69, 9.17) is 0 Å². The minimum atomic E-state index is -0.319. The molecule has 4 aromatic rings. The number of carbonyl (C=O) groups excluding carboxylic acids is 1. The normalized spacial score (nSPS) is 11.3. The maximum absolute atomic E-state index is 12.6. The Labute approximate surface area is 163 Å². The third-order valence-corrected chi connectivity index (χ3v) is 4.94. The summed E-state index contributed by atoms with van der Waals surface area (Å²) in [6, 6.07) is 3.47. The summed E-state index contributed by atoms with van der Waals surface area (Å²) >= 11 is 3.54. The van der Waals surface area contributed by atoms with Crippen LogP contribution in [0.1, 0.15) is 23.1 Å². The van der Waals surface area contributed by atoms with Crippen LogP contribution in [0, 0.1) is 6.92 Å². The first-order valence-electron chi connectivity index (χ1n) is 8.36. The Morgan fingerprint density at radius 3 is 2.81 bits per heavy atom. The number of halogens is 1. The van der Waals surface area contributed by atoms with Gasteiger partial charge in [-0.05, 0) is 35.8 Å². The topological polar surface area (TPSA) is 94.9 Å². The average Bonchev–Trinajstić information content (AvgIpc) is 3.34. The number of amides is 1. The van der Waals surface area contributed by atoms with E-state index in [-0.39, 0.29) is 11.6 Å². The zero-order valence-electron chi connectivity index (χ0n) is 15.0. The van der Waals surface area contributed by atoms with Gasteiger partial charge < -0.3 is 5.32 Å². The van der Waals surface area contributed by atoms with E-state index in [9.17, 15) is 4.79 Å². The number of rotatable bonds is 4. The van der Waals surface area contributed by atoms with Gasteiger partial charge >= 0.3 is 0 Å². The summed E-state index contributed by atoms with van der Waals surface area (Å²) in [6.07, 6.45) is 5.20. The largest absolute Gasteiger partial charge is 0.318 e. The van der Waals surface area contributed by atoms with Gasteiger partial charge in [-0.2, -0.15) is 15.3 Å². The van der Waals surface area contributed by atoms with E-state index in [1.54, 1.807) is 27.7 Å². The maximum Gasteiger partial charge on any atom is 0.276 e. The number of carbonyl (C=O) groups is 1. The summed E-state index contributed by atoms with van der Waals surface area (Å²) in [5.41, 5.74) is 3.83. The van der Waals surface area contributed by atoms with Crippen LogP contribution in [0.15, 0.2) is 35.2 Å². The zero-order valence-corrected chi connectivity index (χ0v) is 16.6. The summed E-state index contributed by atoms with van der Waals surface area (Å²) in [4.78, 5) is 16.9. The molecular weight excluding hydrogens is 412 g/mol. The summed E-state index contributed by atoms with van der Waals surface area (Å²) in [5, 5.41) is 16.0. The molecule has 4 aromatic heterocycles. The molecule has 0 unspecified atom stereocenters. The second-order valence-corrected chi connectivity index (χ2v) is 6.89. The lowest BCUT2D eigenvalue weighted by atomic mass is 10.3. The average molecular weight is 429 g/mol. The van der Waals surface area contributed by atoms with E-state index >= 15 is 0 Å². The Hall–Kier alpha value is -3.01. The van der Waals surface area contributed by atoms with Crippen molar-refractivity contribution < 1.29 is 4.79 Å². The lowest BCUT2D eigenvalue weighted by Crippen LogP contribution is -2.13. The smallest absolute Gasteiger partial charge is 0.276 e. The monoisotopic (exact) mass is 428 g/mol. The fourth-order valence-electron chi connectivity index (χ4n) is 2.73. The molecule has 1 amide bonds. The van der Waals surface area contributed by atoms with E-state index in [0.717, 1.165) is 28.1 Å². The van der Waals surface area contributed by atoms with Crippen molar-refractivity contribution in [1.29, 1.82) is 0 Å². The summed E-state index contributed by atoms with van der Waals surface area (Å²) in [5.74, 6) is -0.319. The molecule has 10 heteroatoms. The molecule has 0 atom stereocenters. The highest BCUT2D eigenvalue weighted by Crippen LogP contribution is 2.27. The Morgan fingerprint density at radius 1 is 1.33 bits per heavy atom. The van der Waals surface area contributed by atoms with Gasteiger partial charge in [-0.1, -0.05) is 0 Å². The van der Waals surface area contributed by atoms with Gasteiger partial charge in [-0.3, -0.25) is 14.2 Å². The minimum absolute atomic E-state index is 0.268. The molecule has 0 saturated heterocycles. The van der Waals surface area contributed by atoms with Crippen LogP contribution in [0.3, 0.4) is 0 Å². The zero-order chi connectivity index (χ0) is 19.1. The lowest BCUT2D eigenvalue weighted by Gasteiger charge is -2.02. The van der Waals surface area contributed by atoms with Crippen molar-refractivity contribution in [3.05, 3.63) is 46.6 Å². The van der Waals surface area contributed by atoms with Gasteiger partial charge in [0.2, 0.25) is 0 Å². The van der Waals surface area contributed by atoms with Crippen molar-refractivity contribution in [3.8, 4) is 11.4 Å². The molecule has 0 aliphatic heterocycles. The quantitative estimate of drug-likeness (QED) is 0.538. The molecule has 27 heavy (non-hydrogen) atoms. The fourth-order valence-corrected chi connectivity index (χ4v) is 3.24. The first kappa shape index (κ1) is 17.4. The molecule has 1 N–H and O–H groups in total. The van der Waals surface area contributed by atoms with E-state index < -0.39 is 0 Å². The minimum Gasteiger partial charge on any atom is -0.318 e. The van der Waals surface area contributed by atoms with Gasteiger partial charge in [0.25, 0.3) is 5.91 Å². The van der Waals surface area contributed by atoms with E-state index in [1.165, 1.54) is 0 Å². The molecular formula is C17H17BrN8O. The standard InChI is InChI=1S/C17H17BrN8O/c1-4-25-9-11(18)16(23-25)14-5-6-19-15-7-12(22-26(14)15)17(27)21-13-8-20-24(3)10(13)2/h5-9H,4H2,1-3H3,(H,21,27). The molecule has 0 saturated carbocycles. The Balaban J connectivity index is 1.73. The Morgan fingerprint density at radius 2 is 2.15 bits per heavy atom. The number of aromatic nitrogens is 7. The number of nitrogens with one attached hydrogen (secondary N) is 1. The van der Waals surface area contributed by atoms with Crippen LogP contribution >= 0.6 is 15.9 Å². The summed E-state index contributed by atoms with van der Waals surface area (Å²) in [7, 11) is 1.82. The molecule has 0 fully saturated rings. The second-order valence-electron chi connectivity index (χ2n) is 6.03. The van der Waals surface area contributed by atoms with Crippen LogP contribution in [-0.2, 0) is 13.6 Å². The summed E-state index contributed by atoms with van der Waals surface area (Å²) in [6.45, 7) is 4.65. The molecule has 9 nitrogen and oxygen atoms in total. The Kier molecular flexibility index (Phi) is 4.27.